The third kappa shape index (κ3) is 8.78. The van der Waals surface area contributed by atoms with Gasteiger partial charge in [-0.05, 0) is 80.8 Å². The molecule has 15 heteroatoms. The highest BCUT2D eigenvalue weighted by atomic mass is 31.1. The number of fused-ring (bicyclic) bond motifs is 1. The Hall–Kier alpha value is -5.78. The van der Waals surface area contributed by atoms with Gasteiger partial charge in [-0.15, -0.1) is 0 Å². The van der Waals surface area contributed by atoms with Crippen molar-refractivity contribution in [2.75, 3.05) is 32.8 Å². The maximum atomic E-state index is 13.3. The maximum absolute atomic E-state index is 13.3. The topological polar surface area (TPSA) is 163 Å². The number of carbonyl (C=O) groups excluding carboxylic acids is 1. The lowest BCUT2D eigenvalue weighted by Crippen LogP contribution is -2.55. The van der Waals surface area contributed by atoms with Crippen LogP contribution in [0.2, 0.25) is 0 Å². The van der Waals surface area contributed by atoms with Crippen molar-refractivity contribution in [3.63, 3.8) is 0 Å². The number of hydrogen-bond acceptors (Lipinski definition) is 11. The van der Waals surface area contributed by atoms with Crippen LogP contribution in [0.1, 0.15) is 73.8 Å². The quantitative estimate of drug-likeness (QED) is 0.0371. The van der Waals surface area contributed by atoms with Crippen LogP contribution >= 0.6 is 8.73 Å². The van der Waals surface area contributed by atoms with Gasteiger partial charge < -0.3 is 29.4 Å². The van der Waals surface area contributed by atoms with E-state index in [1.807, 2.05) is 84.9 Å². The molecule has 0 bridgehead atoms. The number of hydrogen-bond donors (Lipinski definition) is 2. The van der Waals surface area contributed by atoms with E-state index in [2.05, 4.69) is 54.0 Å². The Labute approximate surface area is 363 Å². The number of nitriles is 1. The molecule has 1 fully saturated rings. The minimum Gasteiger partial charge on any atom is -0.497 e. The van der Waals surface area contributed by atoms with Crippen molar-refractivity contribution in [1.82, 2.24) is 19.5 Å². The third-order valence-corrected chi connectivity index (χ3v) is 13.7. The number of quaternary nitrogens is 1. The molecule has 3 heterocycles. The fourth-order valence-corrected chi connectivity index (χ4v) is 9.97. The summed E-state index contributed by atoms with van der Waals surface area (Å²) in [7, 11) is 2.99. The molecule has 1 amide bonds. The van der Waals surface area contributed by atoms with Gasteiger partial charge in [-0.3, -0.25) is 9.36 Å². The Morgan fingerprint density at radius 3 is 2.05 bits per heavy atom. The summed E-state index contributed by atoms with van der Waals surface area (Å²) in [5.41, 5.74) is 2.55. The number of nitrogens with zero attached hydrogens (tertiary/aromatic N) is 6. The average Bonchev–Trinajstić information content (AvgIpc) is 3.88. The monoisotopic (exact) mass is 858 g/mol. The highest BCUT2D eigenvalue weighted by Gasteiger charge is 2.58. The number of amides is 1. The van der Waals surface area contributed by atoms with Crippen LogP contribution < -0.4 is 14.8 Å². The van der Waals surface area contributed by atoms with Crippen LogP contribution in [0.25, 0.3) is 11.2 Å². The van der Waals surface area contributed by atoms with E-state index in [-0.39, 0.29) is 63.0 Å². The fraction of sp³-hybridized carbons (Fsp3) is 0.340. The van der Waals surface area contributed by atoms with Crippen molar-refractivity contribution in [3.8, 4) is 17.6 Å². The zero-order valence-electron chi connectivity index (χ0n) is 35.8. The largest absolute Gasteiger partial charge is 0.497 e. The van der Waals surface area contributed by atoms with Gasteiger partial charge in [-0.2, -0.15) is 9.68 Å². The molecule has 4 atom stereocenters. The van der Waals surface area contributed by atoms with Crippen LogP contribution in [0.4, 0.5) is 5.82 Å². The zero-order valence-corrected chi connectivity index (χ0v) is 36.8. The summed E-state index contributed by atoms with van der Waals surface area (Å²) in [6.07, 6.45) is 1.58. The number of hydroxylamine groups is 2. The maximum Gasteiger partial charge on any atom is 0.256 e. The molecule has 4 aromatic carbocycles. The number of imidazole rings is 1. The molecule has 62 heavy (non-hydrogen) atoms. The molecule has 6 aromatic rings. The number of aliphatic hydroxyl groups is 1. The highest BCUT2D eigenvalue weighted by molar-refractivity contribution is 7.33. The van der Waals surface area contributed by atoms with E-state index < -0.39 is 23.3 Å². The molecule has 7 rings (SSSR count). The Bertz CT molecular complexity index is 2410. The smallest absolute Gasteiger partial charge is 0.256 e. The number of ether oxygens (including phenoxy) is 4. The van der Waals surface area contributed by atoms with Gasteiger partial charge in [-0.1, -0.05) is 72.8 Å². The molecule has 322 valence electrons. The first-order valence-corrected chi connectivity index (χ1v) is 21.5. The van der Waals surface area contributed by atoms with E-state index >= 15 is 0 Å². The summed E-state index contributed by atoms with van der Waals surface area (Å²) in [5.74, 6) is 1.28. The molecule has 1 aliphatic rings. The first-order valence-electron chi connectivity index (χ1n) is 20.6. The predicted molar refractivity (Wildman–Crippen MR) is 236 cm³/mol. The van der Waals surface area contributed by atoms with Crippen LogP contribution in [0.3, 0.4) is 0 Å². The number of anilines is 1. The zero-order chi connectivity index (χ0) is 43.9. The number of carbonyl (C=O) groups is 1. The second kappa shape index (κ2) is 19.1. The molecule has 1 saturated heterocycles. The molecular formula is C47H53N7O7P+. The van der Waals surface area contributed by atoms with Crippen molar-refractivity contribution < 1.29 is 38.1 Å². The molecule has 0 spiro atoms. The van der Waals surface area contributed by atoms with Gasteiger partial charge in [-0.25, -0.2) is 19.8 Å². The van der Waals surface area contributed by atoms with E-state index in [1.165, 1.54) is 6.33 Å². The van der Waals surface area contributed by atoms with E-state index in [0.717, 1.165) is 16.7 Å². The summed E-state index contributed by atoms with van der Waals surface area (Å²) >= 11 is 0. The van der Waals surface area contributed by atoms with Crippen molar-refractivity contribution >= 4 is 31.6 Å². The molecule has 0 radical (unpaired) electrons. The van der Waals surface area contributed by atoms with E-state index in [4.69, 9.17) is 23.8 Å². The van der Waals surface area contributed by atoms with Gasteiger partial charge >= 0.3 is 0 Å². The first-order chi connectivity index (χ1) is 30.0. The van der Waals surface area contributed by atoms with Crippen molar-refractivity contribution in [2.24, 2.45) is 0 Å². The van der Waals surface area contributed by atoms with Crippen LogP contribution in [-0.2, 0) is 19.9 Å². The summed E-state index contributed by atoms with van der Waals surface area (Å²) < 4.78 is 27.3. The molecular weight excluding hydrogens is 806 g/mol. The van der Waals surface area contributed by atoms with Crippen LogP contribution in [0.5, 0.6) is 11.5 Å². The minimum atomic E-state index is -1.54. The number of aromatic nitrogens is 4. The van der Waals surface area contributed by atoms with Gasteiger partial charge in [0.1, 0.15) is 54.4 Å². The van der Waals surface area contributed by atoms with Crippen LogP contribution in [0, 0.1) is 11.3 Å². The SMILES string of the molecule is COc1ccc(C(OC[C@H]2O[C@@H](n3cnc4c(NC(=O)c5ccccc5)ncnc43)C[C@@]2(O)P[N+](OCCC#N)(C(C)C)C(C)C)(c2ccccc2)c2ccc(OC)cc2)cc1. The lowest BCUT2D eigenvalue weighted by Gasteiger charge is -2.46. The normalized spacial score (nSPS) is 18.1. The second-order valence-electron chi connectivity index (χ2n) is 15.6. The molecule has 0 aliphatic carbocycles. The van der Waals surface area contributed by atoms with Crippen LogP contribution in [-0.4, -0.2) is 85.9 Å². The van der Waals surface area contributed by atoms with Gasteiger partial charge in [0.05, 0.1) is 39.6 Å². The van der Waals surface area contributed by atoms with Gasteiger partial charge in [0.2, 0.25) is 0 Å². The number of methoxy groups -OCH3 is 2. The third-order valence-electron chi connectivity index (χ3n) is 11.3. The Morgan fingerprint density at radius 2 is 1.48 bits per heavy atom. The second-order valence-corrected chi connectivity index (χ2v) is 17.4. The van der Waals surface area contributed by atoms with Gasteiger partial charge in [0, 0.05) is 12.0 Å². The summed E-state index contributed by atoms with van der Waals surface area (Å²) in [4.78, 5) is 33.4. The number of benzene rings is 4. The lowest BCUT2D eigenvalue weighted by molar-refractivity contribution is -1.04. The molecule has 2 aromatic heterocycles. The molecule has 2 N–H and O–H groups in total. The highest BCUT2D eigenvalue weighted by Crippen LogP contribution is 2.56. The van der Waals surface area contributed by atoms with E-state index in [1.54, 1.807) is 49.4 Å². The lowest BCUT2D eigenvalue weighted by atomic mass is 9.80. The van der Waals surface area contributed by atoms with Crippen molar-refractivity contribution in [2.45, 2.75) is 75.9 Å². The first kappa shape index (κ1) is 44.3. The molecule has 1 unspecified atom stereocenters. The Morgan fingerprint density at radius 1 is 0.903 bits per heavy atom. The number of rotatable bonds is 18. The number of nitrogens with one attached hydrogen (secondary N) is 1. The Balaban J connectivity index is 1.32. The summed E-state index contributed by atoms with van der Waals surface area (Å²) in [6.45, 7) is 8.35. The fourth-order valence-electron chi connectivity index (χ4n) is 8.13. The van der Waals surface area contributed by atoms with Crippen LogP contribution in [0.15, 0.2) is 122 Å². The summed E-state index contributed by atoms with van der Waals surface area (Å²) in [6, 6.07) is 36.3. The molecule has 14 nitrogen and oxygen atoms in total. The van der Waals surface area contributed by atoms with Crippen molar-refractivity contribution in [3.05, 3.63) is 144 Å². The predicted octanol–water partition coefficient (Wildman–Crippen LogP) is 8.15. The Kier molecular flexibility index (Phi) is 13.6. The summed E-state index contributed by atoms with van der Waals surface area (Å²) in [5, 5.41) is 24.1. The standard InChI is InChI=1S/C47H52N7O7P/c1-32(2)54(33(3)4,60-27-13-26-48)62-46(56)28-41(53-31-51-42-43(49-30-50-44(42)53)52-45(55)34-14-9-7-10-15-34)61-40(46)29-59-47(35-16-11-8-12-17-35,36-18-22-38(57-5)23-19-36)37-20-24-39(58-6)25-21-37/h7-12,14-25,30-33,40-41,56,62H,13,27-29H2,1-6H3/p+1/t40-,41-,46-/m1/s1. The molecule has 0 saturated carbocycles. The minimum absolute atomic E-state index is 0.0681. The van der Waals surface area contributed by atoms with E-state index in [0.29, 0.717) is 28.2 Å². The average molecular weight is 859 g/mol. The van der Waals surface area contributed by atoms with Gasteiger partial charge in [0.15, 0.2) is 31.1 Å². The van der Waals surface area contributed by atoms with E-state index in [9.17, 15) is 15.2 Å². The van der Waals surface area contributed by atoms with Crippen molar-refractivity contribution in [1.29, 1.82) is 5.26 Å². The van der Waals surface area contributed by atoms with Gasteiger partial charge in [0.25, 0.3) is 5.91 Å². The molecule has 1 aliphatic heterocycles.